The molecule has 8 nitrogen and oxygen atoms in total. The highest BCUT2D eigenvalue weighted by atomic mass is 32.2. The number of fused-ring (bicyclic) bond motifs is 1. The van der Waals surface area contributed by atoms with Gasteiger partial charge in [-0.25, -0.2) is 8.42 Å². The predicted molar refractivity (Wildman–Crippen MR) is 122 cm³/mol. The number of carbonyl (C=O) groups is 3. The maximum Gasteiger partial charge on any atom is 0.309 e. The van der Waals surface area contributed by atoms with Crippen molar-refractivity contribution < 1.29 is 27.5 Å². The highest BCUT2D eigenvalue weighted by Gasteiger charge is 2.40. The van der Waals surface area contributed by atoms with Crippen molar-refractivity contribution in [3.05, 3.63) is 23.8 Å². The van der Waals surface area contributed by atoms with E-state index in [9.17, 15) is 22.8 Å². The lowest BCUT2D eigenvalue weighted by Gasteiger charge is -2.31. The Morgan fingerprint density at radius 3 is 2.39 bits per heavy atom. The van der Waals surface area contributed by atoms with E-state index in [2.05, 4.69) is 0 Å². The van der Waals surface area contributed by atoms with Gasteiger partial charge in [-0.3, -0.25) is 14.4 Å². The van der Waals surface area contributed by atoms with E-state index in [0.717, 1.165) is 24.1 Å². The number of esters is 1. The molecule has 33 heavy (non-hydrogen) atoms. The minimum Gasteiger partial charge on any atom is -0.466 e. The molecule has 1 aromatic carbocycles. The van der Waals surface area contributed by atoms with Gasteiger partial charge in [-0.2, -0.15) is 0 Å². The van der Waals surface area contributed by atoms with Crippen LogP contribution in [-0.4, -0.2) is 62.6 Å². The van der Waals surface area contributed by atoms with E-state index in [1.165, 1.54) is 0 Å². The molecule has 2 fully saturated rings. The van der Waals surface area contributed by atoms with Crippen LogP contribution in [0.1, 0.15) is 51.5 Å². The molecule has 0 N–H and O–H groups in total. The molecule has 1 aliphatic carbocycles. The second kappa shape index (κ2) is 9.44. The maximum absolute atomic E-state index is 12.9. The molecule has 180 valence electrons. The number of hydrogen-bond acceptors (Lipinski definition) is 6. The highest BCUT2D eigenvalue weighted by molar-refractivity contribution is 7.91. The Kier molecular flexibility index (Phi) is 6.79. The van der Waals surface area contributed by atoms with Gasteiger partial charge in [0.15, 0.2) is 9.84 Å². The fourth-order valence-corrected chi connectivity index (χ4v) is 6.06. The smallest absolute Gasteiger partial charge is 0.309 e. The number of sulfone groups is 1. The Morgan fingerprint density at radius 2 is 1.76 bits per heavy atom. The van der Waals surface area contributed by atoms with E-state index in [-0.39, 0.29) is 52.7 Å². The molecule has 4 rings (SSSR count). The van der Waals surface area contributed by atoms with Crippen LogP contribution in [-0.2, 0) is 35.4 Å². The van der Waals surface area contributed by atoms with Crippen molar-refractivity contribution in [2.75, 3.05) is 30.3 Å². The summed E-state index contributed by atoms with van der Waals surface area (Å²) in [6.07, 6.45) is 3.47. The molecule has 0 bridgehead atoms. The van der Waals surface area contributed by atoms with Gasteiger partial charge in [0.1, 0.15) is 0 Å². The number of nitrogens with zero attached hydrogens (tertiary/aromatic N) is 2. The van der Waals surface area contributed by atoms with Gasteiger partial charge in [0.25, 0.3) is 0 Å². The summed E-state index contributed by atoms with van der Waals surface area (Å²) in [6, 6.07) is 4.96. The zero-order valence-electron chi connectivity index (χ0n) is 19.3. The van der Waals surface area contributed by atoms with Crippen LogP contribution in [0.4, 0.5) is 5.69 Å². The number of likely N-dealkylation sites (tertiary alicyclic amines) is 1. The van der Waals surface area contributed by atoms with Crippen LogP contribution in [0, 0.1) is 11.8 Å². The Hall–Kier alpha value is -2.42. The van der Waals surface area contributed by atoms with Gasteiger partial charge < -0.3 is 14.5 Å². The molecule has 0 spiro atoms. The van der Waals surface area contributed by atoms with Crippen molar-refractivity contribution in [1.29, 1.82) is 0 Å². The van der Waals surface area contributed by atoms with Crippen LogP contribution in [0.5, 0.6) is 0 Å². The monoisotopic (exact) mass is 476 g/mol. The average Bonchev–Trinajstić information content (AvgIpc) is 3.59. The van der Waals surface area contributed by atoms with E-state index in [4.69, 9.17) is 4.74 Å². The molecule has 9 heteroatoms. The standard InChI is InChI=1S/C24H32N2O6S/c1-3-32-24(29)18-8-11-25(12-9-18)22(27)10-13-33(30,31)20-6-7-21-19(15-20)14-16(2)26(21)23(28)17-4-5-17/h6-7,15-18H,3-5,8-14H2,1-2H3/t16-/m1/s1. The lowest BCUT2D eigenvalue weighted by Crippen LogP contribution is -2.41. The van der Waals surface area contributed by atoms with Crippen LogP contribution in [0.25, 0.3) is 0 Å². The zero-order valence-corrected chi connectivity index (χ0v) is 20.1. The van der Waals surface area contributed by atoms with Crippen molar-refractivity contribution in [1.82, 2.24) is 4.90 Å². The van der Waals surface area contributed by atoms with E-state index >= 15 is 0 Å². The summed E-state index contributed by atoms with van der Waals surface area (Å²) in [4.78, 5) is 40.7. The fourth-order valence-electron chi connectivity index (χ4n) is 4.79. The molecule has 0 unspecified atom stereocenters. The third-order valence-electron chi connectivity index (χ3n) is 6.84. The molecular weight excluding hydrogens is 444 g/mol. The Balaban J connectivity index is 1.35. The van der Waals surface area contributed by atoms with E-state index in [0.29, 0.717) is 39.0 Å². The molecule has 2 amide bonds. The maximum atomic E-state index is 12.9. The highest BCUT2D eigenvalue weighted by Crippen LogP contribution is 2.39. The van der Waals surface area contributed by atoms with Gasteiger partial charge in [-0.15, -0.1) is 0 Å². The second-order valence-corrected chi connectivity index (χ2v) is 11.4. The molecule has 3 aliphatic rings. The van der Waals surface area contributed by atoms with Gasteiger partial charge in [-0.05, 0) is 69.7 Å². The quantitative estimate of drug-likeness (QED) is 0.560. The first-order chi connectivity index (χ1) is 15.7. The summed E-state index contributed by atoms with van der Waals surface area (Å²) >= 11 is 0. The van der Waals surface area contributed by atoms with Gasteiger partial charge in [0, 0.05) is 37.2 Å². The Labute approximate surface area is 195 Å². The van der Waals surface area contributed by atoms with Crippen LogP contribution >= 0.6 is 0 Å². The Morgan fingerprint density at radius 1 is 1.06 bits per heavy atom. The summed E-state index contributed by atoms with van der Waals surface area (Å²) < 4.78 is 30.9. The van der Waals surface area contributed by atoms with Crippen molar-refractivity contribution >= 4 is 33.3 Å². The number of ether oxygens (including phenoxy) is 1. The molecular formula is C24H32N2O6S. The lowest BCUT2D eigenvalue weighted by molar-refractivity contribution is -0.151. The summed E-state index contributed by atoms with van der Waals surface area (Å²) in [5, 5.41) is 0. The van der Waals surface area contributed by atoms with Gasteiger partial charge in [-0.1, -0.05) is 0 Å². The van der Waals surface area contributed by atoms with E-state index in [1.54, 1.807) is 30.0 Å². The molecule has 1 saturated carbocycles. The van der Waals surface area contributed by atoms with Crippen LogP contribution in [0.3, 0.4) is 0 Å². The third kappa shape index (κ3) is 5.08. The number of rotatable bonds is 7. The van der Waals surface area contributed by atoms with Gasteiger partial charge >= 0.3 is 5.97 Å². The first-order valence-corrected chi connectivity index (χ1v) is 13.5. The zero-order chi connectivity index (χ0) is 23.8. The normalized spacial score (nSPS) is 21.1. The molecule has 2 aliphatic heterocycles. The van der Waals surface area contributed by atoms with E-state index < -0.39 is 9.84 Å². The molecule has 1 aromatic rings. The fraction of sp³-hybridized carbons (Fsp3) is 0.625. The topological polar surface area (TPSA) is 101 Å². The minimum atomic E-state index is -3.63. The van der Waals surface area contributed by atoms with Crippen molar-refractivity contribution in [3.63, 3.8) is 0 Å². The molecule has 0 radical (unpaired) electrons. The van der Waals surface area contributed by atoms with Gasteiger partial charge in [0.05, 0.1) is 23.2 Å². The number of hydrogen-bond donors (Lipinski definition) is 0. The van der Waals surface area contributed by atoms with Crippen LogP contribution < -0.4 is 4.90 Å². The predicted octanol–water partition coefficient (Wildman–Crippen LogP) is 2.34. The van der Waals surface area contributed by atoms with Crippen LogP contribution in [0.15, 0.2) is 23.1 Å². The number of carbonyl (C=O) groups excluding carboxylic acids is 3. The van der Waals surface area contributed by atoms with Gasteiger partial charge in [0.2, 0.25) is 11.8 Å². The number of anilines is 1. The second-order valence-electron chi connectivity index (χ2n) is 9.30. The minimum absolute atomic E-state index is 0.0187. The Bertz CT molecular complexity index is 1040. The third-order valence-corrected chi connectivity index (χ3v) is 8.56. The summed E-state index contributed by atoms with van der Waals surface area (Å²) in [5.74, 6) is -0.655. The molecule has 1 atom stereocenters. The summed E-state index contributed by atoms with van der Waals surface area (Å²) in [6.45, 7) is 4.96. The van der Waals surface area contributed by atoms with Crippen molar-refractivity contribution in [3.8, 4) is 0 Å². The molecule has 1 saturated heterocycles. The molecule has 2 heterocycles. The number of amides is 2. The van der Waals surface area contributed by atoms with E-state index in [1.807, 2.05) is 11.8 Å². The average molecular weight is 477 g/mol. The van der Waals surface area contributed by atoms with Crippen molar-refractivity contribution in [2.45, 2.75) is 63.3 Å². The summed E-state index contributed by atoms with van der Waals surface area (Å²) in [5.41, 5.74) is 1.67. The lowest BCUT2D eigenvalue weighted by atomic mass is 9.97. The van der Waals surface area contributed by atoms with Crippen LogP contribution in [0.2, 0.25) is 0 Å². The first kappa shape index (κ1) is 23.7. The van der Waals surface area contributed by atoms with Crippen molar-refractivity contribution in [2.24, 2.45) is 11.8 Å². The number of benzene rings is 1. The largest absolute Gasteiger partial charge is 0.466 e. The summed E-state index contributed by atoms with van der Waals surface area (Å²) in [7, 11) is -3.63. The first-order valence-electron chi connectivity index (χ1n) is 11.8. The number of piperidine rings is 1. The SMILES string of the molecule is CCOC(=O)C1CCN(C(=O)CCS(=O)(=O)c2ccc3c(c2)C[C@@H](C)N3C(=O)C2CC2)CC1. The molecule has 0 aromatic heterocycles.